The van der Waals surface area contributed by atoms with Gasteiger partial charge >= 0.3 is 0 Å². The van der Waals surface area contributed by atoms with E-state index in [1.165, 1.54) is 0 Å². The van der Waals surface area contributed by atoms with Gasteiger partial charge < -0.3 is 19.8 Å². The van der Waals surface area contributed by atoms with Crippen LogP contribution in [0.1, 0.15) is 99.3 Å². The lowest BCUT2D eigenvalue weighted by molar-refractivity contribution is -0.00183. The Morgan fingerprint density at radius 2 is 0.678 bits per heavy atom. The molecule has 0 saturated carbocycles. The van der Waals surface area contributed by atoms with Crippen LogP contribution in [0.2, 0.25) is 0 Å². The van der Waals surface area contributed by atoms with Crippen molar-refractivity contribution in [3.05, 3.63) is 67.2 Å². The Balaban J connectivity index is 2.10. The van der Waals surface area contributed by atoms with Crippen LogP contribution in [0.25, 0.3) is 0 Å². The van der Waals surface area contributed by atoms with Crippen molar-refractivity contribution in [3.63, 3.8) is 0 Å². The van der Waals surface area contributed by atoms with Crippen molar-refractivity contribution >= 4 is 0 Å². The van der Waals surface area contributed by atoms with Crippen LogP contribution >= 0.6 is 0 Å². The summed E-state index contributed by atoms with van der Waals surface area (Å²) in [5.74, 6) is 0. The fourth-order valence-electron chi connectivity index (χ4n) is 8.44. The summed E-state index contributed by atoms with van der Waals surface area (Å²) in [5, 5.41) is 102. The monoisotopic (exact) mass is 788 g/mol. The maximum atomic E-state index is 12.7. The maximum absolute atomic E-state index is 12.7. The van der Waals surface area contributed by atoms with Crippen molar-refractivity contribution in [1.82, 2.24) is 14.7 Å². The molecule has 0 unspecified atom stereocenters. The average molecular weight is 789 g/mol. The van der Waals surface area contributed by atoms with Crippen molar-refractivity contribution in [2.75, 3.05) is 40.8 Å². The van der Waals surface area contributed by atoms with Gasteiger partial charge in [0.15, 0.2) is 0 Å². The Morgan fingerprint density at radius 3 is 0.864 bits per heavy atom. The van der Waals surface area contributed by atoms with E-state index >= 15 is 0 Å². The molecule has 59 heavy (non-hydrogen) atoms. The van der Waals surface area contributed by atoms with Gasteiger partial charge in [0, 0.05) is 74.6 Å². The van der Waals surface area contributed by atoms with Gasteiger partial charge in [-0.2, -0.15) is 47.4 Å². The zero-order chi connectivity index (χ0) is 44.5. The summed E-state index contributed by atoms with van der Waals surface area (Å²) in [6.45, 7) is 13.0. The van der Waals surface area contributed by atoms with Gasteiger partial charge in [-0.3, -0.25) is 0 Å². The highest BCUT2D eigenvalue weighted by Gasteiger charge is 2.39. The minimum Gasteiger partial charge on any atom is -0.390 e. The Labute approximate surface area is 350 Å². The van der Waals surface area contributed by atoms with Gasteiger partial charge in [0.05, 0.1) is 22.3 Å². The van der Waals surface area contributed by atoms with E-state index in [0.717, 1.165) is 0 Å². The predicted octanol–water partition coefficient (Wildman–Crippen LogP) is 7.51. The molecule has 3 aliphatic carbocycles. The molecule has 3 aliphatic rings. The average Bonchev–Trinajstić information content (AvgIpc) is 3.18. The highest BCUT2D eigenvalue weighted by molar-refractivity contribution is 5.59. The van der Waals surface area contributed by atoms with E-state index in [4.69, 9.17) is 0 Å². The second-order valence-corrected chi connectivity index (χ2v) is 18.3. The third kappa shape index (κ3) is 10.8. The number of aliphatic hydroxyl groups is 1. The minimum atomic E-state index is -1.35. The van der Waals surface area contributed by atoms with Crippen LogP contribution in [-0.4, -0.2) is 66.2 Å². The lowest BCUT2D eigenvalue weighted by Gasteiger charge is -2.41. The van der Waals surface area contributed by atoms with E-state index in [1.54, 1.807) is 0 Å². The first-order valence-corrected chi connectivity index (χ1v) is 19.5. The zero-order valence-corrected chi connectivity index (χ0v) is 35.8. The largest absolute Gasteiger partial charge is 0.390 e. The van der Waals surface area contributed by atoms with Crippen LogP contribution in [0.3, 0.4) is 0 Å². The highest BCUT2D eigenvalue weighted by Crippen LogP contribution is 2.46. The Hall–Kier alpha value is -6.79. The first kappa shape index (κ1) is 46.6. The van der Waals surface area contributed by atoms with E-state index in [0.29, 0.717) is 92.0 Å². The molecule has 0 fully saturated rings. The van der Waals surface area contributed by atoms with Gasteiger partial charge in [-0.15, -0.1) is 0 Å². The molecule has 0 aromatic rings. The quantitative estimate of drug-likeness (QED) is 0.188. The lowest BCUT2D eigenvalue weighted by atomic mass is 9.72. The molecule has 0 aromatic carbocycles. The number of rotatable bonds is 12. The molecular weight excluding hydrogens is 737 g/mol. The Bertz CT molecular complexity index is 2030. The molecule has 13 nitrogen and oxygen atoms in total. The normalized spacial score (nSPS) is 17.9. The summed E-state index contributed by atoms with van der Waals surface area (Å²) in [4.78, 5) is 5.73. The van der Waals surface area contributed by atoms with E-state index in [2.05, 4.69) is 18.2 Å². The van der Waals surface area contributed by atoms with Crippen LogP contribution in [0, 0.1) is 118 Å². The molecule has 302 valence electrons. The summed E-state index contributed by atoms with van der Waals surface area (Å²) in [6, 6.07) is 18.4. The van der Waals surface area contributed by atoms with Crippen LogP contribution in [0.15, 0.2) is 67.2 Å². The van der Waals surface area contributed by atoms with Gasteiger partial charge in [0.25, 0.3) is 0 Å². The molecule has 0 aromatic heterocycles. The summed E-state index contributed by atoms with van der Waals surface area (Å²) >= 11 is 0. The molecule has 0 heterocycles. The van der Waals surface area contributed by atoms with E-state index in [1.807, 2.05) is 114 Å². The van der Waals surface area contributed by atoms with E-state index in [-0.39, 0.29) is 68.9 Å². The number of hydrogen-bond acceptors (Lipinski definition) is 13. The summed E-state index contributed by atoms with van der Waals surface area (Å²) in [7, 11) is 5.49. The van der Waals surface area contributed by atoms with Crippen LogP contribution in [0.4, 0.5) is 0 Å². The molecule has 3 rings (SSSR count). The van der Waals surface area contributed by atoms with Crippen molar-refractivity contribution in [2.45, 2.75) is 105 Å². The Morgan fingerprint density at radius 1 is 0.458 bits per heavy atom. The maximum Gasteiger partial charge on any atom is 0.134 e. The molecule has 0 amide bonds. The van der Waals surface area contributed by atoms with Gasteiger partial charge in [0.1, 0.15) is 71.3 Å². The third-order valence-corrected chi connectivity index (χ3v) is 11.7. The molecule has 0 bridgehead atoms. The van der Waals surface area contributed by atoms with Crippen LogP contribution in [-0.2, 0) is 0 Å². The van der Waals surface area contributed by atoms with Gasteiger partial charge in [0.2, 0.25) is 0 Å². The van der Waals surface area contributed by atoms with Crippen molar-refractivity contribution in [2.24, 2.45) is 16.2 Å². The van der Waals surface area contributed by atoms with E-state index in [9.17, 15) is 52.5 Å². The second kappa shape index (κ2) is 18.6. The number of nitriles is 9. The van der Waals surface area contributed by atoms with Gasteiger partial charge in [-0.05, 0) is 74.0 Å². The lowest BCUT2D eigenvalue weighted by Crippen LogP contribution is -2.41. The predicted molar refractivity (Wildman–Crippen MR) is 218 cm³/mol. The Kier molecular flexibility index (Phi) is 14.7. The highest BCUT2D eigenvalue weighted by atomic mass is 16.3. The zero-order valence-electron chi connectivity index (χ0n) is 35.8. The third-order valence-electron chi connectivity index (χ3n) is 11.7. The van der Waals surface area contributed by atoms with Crippen molar-refractivity contribution < 1.29 is 5.11 Å². The molecule has 0 spiro atoms. The molecule has 0 aliphatic heterocycles. The van der Waals surface area contributed by atoms with Gasteiger partial charge in [-0.25, -0.2) is 0 Å². The minimum absolute atomic E-state index is 0.0963. The molecule has 13 heteroatoms. The van der Waals surface area contributed by atoms with E-state index < -0.39 is 5.60 Å². The first-order valence-electron chi connectivity index (χ1n) is 19.5. The smallest absolute Gasteiger partial charge is 0.134 e. The summed E-state index contributed by atoms with van der Waals surface area (Å²) in [5.41, 5.74) is 1.44. The molecule has 0 saturated heterocycles. The van der Waals surface area contributed by atoms with Crippen molar-refractivity contribution in [3.8, 4) is 54.6 Å². The SMILES string of the molecule is CN(CCC(O)(CCN(C)C1=C(C#N)C(=C(C#N)C#N)CC(C)(C)C1)CCN(C)C1=C(C#N)C(=C(C#N)C#N)CC(C)(C)C1)C1=C(C#N)C(=C(C#N)C#N)CC(C)(C)C1. The topological polar surface area (TPSA) is 244 Å². The number of allylic oxidation sites excluding steroid dienone is 12. The fourth-order valence-corrected chi connectivity index (χ4v) is 8.44. The van der Waals surface area contributed by atoms with Crippen LogP contribution < -0.4 is 0 Å². The van der Waals surface area contributed by atoms with Crippen molar-refractivity contribution in [1.29, 1.82) is 47.4 Å². The summed E-state index contributed by atoms with van der Waals surface area (Å²) < 4.78 is 0. The van der Waals surface area contributed by atoms with Crippen LogP contribution in [0.5, 0.6) is 0 Å². The fraction of sp³-hybridized carbons (Fsp3) is 0.543. The molecule has 1 N–H and O–H groups in total. The molecule has 0 radical (unpaired) electrons. The number of hydrogen-bond donors (Lipinski definition) is 1. The van der Waals surface area contributed by atoms with Gasteiger partial charge in [-0.1, -0.05) is 41.5 Å². The summed E-state index contributed by atoms with van der Waals surface area (Å²) in [6.07, 6.45) is 3.41. The molecule has 0 atom stereocenters. The first-order chi connectivity index (χ1) is 27.6. The standard InChI is InChI=1S/C46H52N12O/c1-43(2)16-34(31(22-47)23-48)37(28-53)40(19-43)56(7)13-10-46(59,11-14-57(8)41-20-44(3,4)17-35(38(41)29-54)32(24-49)25-50)12-15-58(9)42-21-45(5,6)18-36(39(42)30-55)33(26-51)27-52/h59H,10-21H2,1-9H3. The second-order valence-electron chi connectivity index (χ2n) is 18.3. The molecular formula is C46H52N12O. The number of nitrogens with zero attached hydrogens (tertiary/aromatic N) is 12.